The van der Waals surface area contributed by atoms with Crippen molar-refractivity contribution in [1.29, 1.82) is 5.26 Å². The molecule has 2 aromatic rings. The Morgan fingerprint density at radius 3 is 2.81 bits per heavy atom. The van der Waals surface area contributed by atoms with Crippen LogP contribution in [0.15, 0.2) is 34.9 Å². The Kier molecular flexibility index (Phi) is 5.36. The van der Waals surface area contributed by atoms with Crippen LogP contribution in [0, 0.1) is 22.6 Å². The smallest absolute Gasteiger partial charge is 0.226 e. The minimum Gasteiger partial charge on any atom is -0.444 e. The second-order valence-electron chi connectivity index (χ2n) is 6.37. The van der Waals surface area contributed by atoms with Crippen molar-refractivity contribution >= 4 is 10.0 Å². The number of aromatic nitrogens is 1. The van der Waals surface area contributed by atoms with Crippen molar-refractivity contribution in [2.24, 2.45) is 5.41 Å². The molecular formula is C17H19FN4O3S. The van der Waals surface area contributed by atoms with Gasteiger partial charge in [0, 0.05) is 25.1 Å². The van der Waals surface area contributed by atoms with E-state index in [-0.39, 0.29) is 18.1 Å². The summed E-state index contributed by atoms with van der Waals surface area (Å²) in [6.45, 7) is 1.19. The van der Waals surface area contributed by atoms with Gasteiger partial charge in [-0.2, -0.15) is 5.26 Å². The van der Waals surface area contributed by atoms with Gasteiger partial charge in [-0.3, -0.25) is 0 Å². The van der Waals surface area contributed by atoms with Crippen molar-refractivity contribution in [1.82, 2.24) is 15.0 Å². The van der Waals surface area contributed by atoms with E-state index in [0.29, 0.717) is 43.1 Å². The molecule has 138 valence electrons. The third-order valence-electron chi connectivity index (χ3n) is 4.29. The Morgan fingerprint density at radius 1 is 1.38 bits per heavy atom. The number of nitrogens with zero attached hydrogens (tertiary/aromatic N) is 2. The van der Waals surface area contributed by atoms with Gasteiger partial charge in [0.05, 0.1) is 22.9 Å². The molecule has 3 rings (SSSR count). The molecule has 1 aromatic carbocycles. The van der Waals surface area contributed by atoms with Gasteiger partial charge in [-0.25, -0.2) is 22.5 Å². The third kappa shape index (κ3) is 4.46. The fraction of sp³-hybridized carbons (Fsp3) is 0.412. The predicted molar refractivity (Wildman–Crippen MR) is 92.9 cm³/mol. The summed E-state index contributed by atoms with van der Waals surface area (Å²) in [6.07, 6.45) is 2.32. The maximum absolute atomic E-state index is 12.9. The highest BCUT2D eigenvalue weighted by molar-refractivity contribution is 7.89. The zero-order valence-electron chi connectivity index (χ0n) is 14.0. The molecule has 1 aromatic heterocycles. The molecule has 1 fully saturated rings. The van der Waals surface area contributed by atoms with Crippen LogP contribution in [0.3, 0.4) is 0 Å². The molecule has 0 radical (unpaired) electrons. The second kappa shape index (κ2) is 7.53. The Balaban J connectivity index is 1.55. The van der Waals surface area contributed by atoms with Gasteiger partial charge >= 0.3 is 0 Å². The molecule has 1 unspecified atom stereocenters. The van der Waals surface area contributed by atoms with Gasteiger partial charge in [-0.15, -0.1) is 0 Å². The lowest BCUT2D eigenvalue weighted by atomic mass is 9.92. The van der Waals surface area contributed by atoms with Crippen molar-refractivity contribution in [3.63, 3.8) is 0 Å². The quantitative estimate of drug-likeness (QED) is 0.755. The Morgan fingerprint density at radius 2 is 2.15 bits per heavy atom. The summed E-state index contributed by atoms with van der Waals surface area (Å²) in [7, 11) is -3.57. The van der Waals surface area contributed by atoms with Crippen LogP contribution in [0.4, 0.5) is 4.39 Å². The summed E-state index contributed by atoms with van der Waals surface area (Å²) in [5.41, 5.74) is 0.364. The fourth-order valence-corrected chi connectivity index (χ4v) is 4.44. The lowest BCUT2D eigenvalue weighted by molar-refractivity contribution is 0.480. The van der Waals surface area contributed by atoms with Crippen LogP contribution >= 0.6 is 0 Å². The standard InChI is InChI=1S/C17H19FN4O3S/c18-14-3-1-13(2-4-14)16-22-15(9-25-16)5-7-21-26(23,24)12-17(10-19)6-8-20-11-17/h1-4,9,20-21H,5-8,11-12H2. The van der Waals surface area contributed by atoms with Gasteiger partial charge in [-0.1, -0.05) is 0 Å². The molecule has 0 bridgehead atoms. The molecule has 7 nitrogen and oxygen atoms in total. The monoisotopic (exact) mass is 378 g/mol. The predicted octanol–water partition coefficient (Wildman–Crippen LogP) is 1.45. The van der Waals surface area contributed by atoms with Crippen LogP contribution in [-0.2, 0) is 16.4 Å². The maximum atomic E-state index is 12.9. The van der Waals surface area contributed by atoms with Crippen LogP contribution in [0.1, 0.15) is 12.1 Å². The first-order chi connectivity index (χ1) is 12.4. The zero-order chi connectivity index (χ0) is 18.6. The number of hydrogen-bond acceptors (Lipinski definition) is 6. The molecule has 1 aliphatic heterocycles. The average Bonchev–Trinajstić information content (AvgIpc) is 3.25. The van der Waals surface area contributed by atoms with E-state index in [4.69, 9.17) is 4.42 Å². The minimum absolute atomic E-state index is 0.159. The van der Waals surface area contributed by atoms with Crippen LogP contribution in [0.2, 0.25) is 0 Å². The topological polar surface area (TPSA) is 108 Å². The van der Waals surface area contributed by atoms with Crippen molar-refractivity contribution in [3.05, 3.63) is 42.0 Å². The van der Waals surface area contributed by atoms with Gasteiger partial charge in [0.25, 0.3) is 0 Å². The van der Waals surface area contributed by atoms with Gasteiger partial charge in [0.15, 0.2) is 0 Å². The highest BCUT2D eigenvalue weighted by Crippen LogP contribution is 2.26. The Hall–Kier alpha value is -2.28. The molecule has 2 heterocycles. The Bertz CT molecular complexity index is 897. The van der Waals surface area contributed by atoms with Gasteiger partial charge in [0.1, 0.15) is 12.1 Å². The van der Waals surface area contributed by atoms with E-state index in [9.17, 15) is 18.1 Å². The lowest BCUT2D eigenvalue weighted by Gasteiger charge is -2.19. The number of oxazole rings is 1. The molecule has 2 N–H and O–H groups in total. The SMILES string of the molecule is N#CC1(CS(=O)(=O)NCCc2coc(-c3ccc(F)cc3)n2)CCNC1. The number of sulfonamides is 1. The fourth-order valence-electron chi connectivity index (χ4n) is 2.89. The zero-order valence-corrected chi connectivity index (χ0v) is 14.9. The first kappa shape index (κ1) is 18.5. The molecule has 26 heavy (non-hydrogen) atoms. The second-order valence-corrected chi connectivity index (χ2v) is 8.18. The van der Waals surface area contributed by atoms with E-state index < -0.39 is 15.4 Å². The van der Waals surface area contributed by atoms with Crippen molar-refractivity contribution in [3.8, 4) is 17.5 Å². The van der Waals surface area contributed by atoms with E-state index in [1.54, 1.807) is 12.1 Å². The van der Waals surface area contributed by atoms with E-state index in [2.05, 4.69) is 21.1 Å². The van der Waals surface area contributed by atoms with E-state index in [1.165, 1.54) is 18.4 Å². The molecule has 0 aliphatic carbocycles. The van der Waals surface area contributed by atoms with Crippen LogP contribution in [-0.4, -0.2) is 38.8 Å². The van der Waals surface area contributed by atoms with Crippen LogP contribution < -0.4 is 10.0 Å². The summed E-state index contributed by atoms with van der Waals surface area (Å²) in [5, 5.41) is 12.3. The molecule has 1 saturated heterocycles. The first-order valence-corrected chi connectivity index (χ1v) is 9.86. The largest absolute Gasteiger partial charge is 0.444 e. The van der Waals surface area contributed by atoms with E-state index >= 15 is 0 Å². The summed E-state index contributed by atoms with van der Waals surface area (Å²) < 4.78 is 45.3. The number of hydrogen-bond donors (Lipinski definition) is 2. The highest BCUT2D eigenvalue weighted by atomic mass is 32.2. The minimum atomic E-state index is -3.57. The third-order valence-corrected chi connectivity index (χ3v) is 5.87. The van der Waals surface area contributed by atoms with Crippen LogP contribution in [0.25, 0.3) is 11.5 Å². The summed E-state index contributed by atoms with van der Waals surface area (Å²) >= 11 is 0. The molecule has 9 heteroatoms. The molecule has 1 atom stereocenters. The molecular weight excluding hydrogens is 359 g/mol. The summed E-state index contributed by atoms with van der Waals surface area (Å²) in [6, 6.07) is 7.88. The van der Waals surface area contributed by atoms with Crippen molar-refractivity contribution in [2.45, 2.75) is 12.8 Å². The number of rotatable bonds is 7. The van der Waals surface area contributed by atoms with Crippen LogP contribution in [0.5, 0.6) is 0 Å². The van der Waals surface area contributed by atoms with Crippen molar-refractivity contribution < 1.29 is 17.2 Å². The molecule has 0 saturated carbocycles. The highest BCUT2D eigenvalue weighted by Gasteiger charge is 2.38. The molecule has 0 amide bonds. The summed E-state index contributed by atoms with van der Waals surface area (Å²) in [4.78, 5) is 4.28. The number of halogens is 1. The van der Waals surface area contributed by atoms with Gasteiger partial charge in [-0.05, 0) is 37.2 Å². The number of nitriles is 1. The maximum Gasteiger partial charge on any atom is 0.226 e. The Labute approximate surface area is 151 Å². The van der Waals surface area contributed by atoms with E-state index in [1.807, 2.05) is 0 Å². The number of nitrogens with one attached hydrogen (secondary N) is 2. The van der Waals surface area contributed by atoms with Crippen molar-refractivity contribution in [2.75, 3.05) is 25.4 Å². The molecule has 1 aliphatic rings. The van der Waals surface area contributed by atoms with E-state index in [0.717, 1.165) is 0 Å². The normalized spacial score (nSPS) is 20.2. The molecule has 0 spiro atoms. The lowest BCUT2D eigenvalue weighted by Crippen LogP contribution is -2.38. The van der Waals surface area contributed by atoms with Gasteiger partial charge < -0.3 is 9.73 Å². The van der Waals surface area contributed by atoms with Gasteiger partial charge in [0.2, 0.25) is 15.9 Å². The summed E-state index contributed by atoms with van der Waals surface area (Å²) in [5.74, 6) is -0.214. The first-order valence-electron chi connectivity index (χ1n) is 8.21. The average molecular weight is 378 g/mol. The number of benzene rings is 1.